The van der Waals surface area contributed by atoms with E-state index in [1.165, 1.54) is 29.2 Å². The minimum atomic E-state index is -0.593. The van der Waals surface area contributed by atoms with Crippen LogP contribution < -0.4 is 4.90 Å². The molecule has 0 radical (unpaired) electrons. The first kappa shape index (κ1) is 21.0. The summed E-state index contributed by atoms with van der Waals surface area (Å²) in [6.07, 6.45) is 0. The first-order valence-electron chi connectivity index (χ1n) is 9.06. The summed E-state index contributed by atoms with van der Waals surface area (Å²) >= 11 is 5.88. The maximum atomic E-state index is 14.4. The molecule has 0 saturated heterocycles. The van der Waals surface area contributed by atoms with Gasteiger partial charge in [-0.05, 0) is 42.3 Å². The van der Waals surface area contributed by atoms with Gasteiger partial charge >= 0.3 is 0 Å². The normalized spacial score (nSPS) is 10.8. The summed E-state index contributed by atoms with van der Waals surface area (Å²) in [5.74, 6) is -1.39. The van der Waals surface area contributed by atoms with Crippen LogP contribution in [-0.2, 0) is 22.7 Å². The van der Waals surface area contributed by atoms with Gasteiger partial charge in [0.2, 0.25) is 0 Å². The Morgan fingerprint density at radius 1 is 1.00 bits per heavy atom. The maximum absolute atomic E-state index is 14.4. The van der Waals surface area contributed by atoms with Gasteiger partial charge in [0.25, 0.3) is 5.91 Å². The Morgan fingerprint density at radius 3 is 2.45 bits per heavy atom. The van der Waals surface area contributed by atoms with Crippen molar-refractivity contribution in [3.05, 3.63) is 100 Å². The lowest BCUT2D eigenvalue weighted by atomic mass is 10.1. The highest BCUT2D eigenvalue weighted by Gasteiger charge is 2.19. The number of hydrogen-bond acceptors (Lipinski definition) is 2. The molecule has 6 heteroatoms. The van der Waals surface area contributed by atoms with Gasteiger partial charge in [0, 0.05) is 11.3 Å². The number of hydrogen-bond donors (Lipinski definition) is 0. The molecule has 0 spiro atoms. The lowest BCUT2D eigenvalue weighted by Crippen LogP contribution is -2.34. The van der Waals surface area contributed by atoms with Crippen LogP contribution in [0.4, 0.5) is 14.5 Å². The van der Waals surface area contributed by atoms with E-state index in [0.29, 0.717) is 11.3 Å². The van der Waals surface area contributed by atoms with Crippen molar-refractivity contribution in [1.82, 2.24) is 0 Å². The summed E-state index contributed by atoms with van der Waals surface area (Å²) in [6.45, 7) is 1.81. The number of carbonyl (C=O) groups is 1. The van der Waals surface area contributed by atoms with Crippen molar-refractivity contribution in [1.29, 1.82) is 0 Å². The van der Waals surface area contributed by atoms with Crippen LogP contribution in [0, 0.1) is 18.6 Å². The molecule has 0 saturated carbocycles. The van der Waals surface area contributed by atoms with Crippen molar-refractivity contribution < 1.29 is 18.3 Å². The molecule has 150 valence electrons. The van der Waals surface area contributed by atoms with E-state index in [9.17, 15) is 13.6 Å². The van der Waals surface area contributed by atoms with E-state index in [1.807, 2.05) is 30.3 Å². The summed E-state index contributed by atoms with van der Waals surface area (Å²) in [7, 11) is 0. The van der Waals surface area contributed by atoms with Crippen LogP contribution in [-0.4, -0.2) is 12.5 Å². The van der Waals surface area contributed by atoms with Gasteiger partial charge in [0.1, 0.15) is 18.2 Å². The molecule has 0 aromatic heterocycles. The number of aryl methyl sites for hydroxylation is 1. The number of nitrogens with zero attached hydrogens (tertiary/aromatic N) is 1. The molecule has 3 aromatic carbocycles. The zero-order valence-corrected chi connectivity index (χ0v) is 16.6. The number of halogens is 3. The van der Waals surface area contributed by atoms with E-state index in [0.717, 1.165) is 11.1 Å². The smallest absolute Gasteiger partial charge is 0.253 e. The number of rotatable bonds is 7. The average molecular weight is 416 g/mol. The molecular weight excluding hydrogens is 396 g/mol. The van der Waals surface area contributed by atoms with Gasteiger partial charge in [-0.2, -0.15) is 0 Å². The highest BCUT2D eigenvalue weighted by molar-refractivity contribution is 6.31. The second kappa shape index (κ2) is 9.63. The van der Waals surface area contributed by atoms with Crippen molar-refractivity contribution in [2.75, 3.05) is 11.5 Å². The Hall–Kier alpha value is -2.76. The Kier molecular flexibility index (Phi) is 6.96. The monoisotopic (exact) mass is 415 g/mol. The minimum absolute atomic E-state index is 0.0262. The van der Waals surface area contributed by atoms with Gasteiger partial charge in [-0.15, -0.1) is 0 Å². The van der Waals surface area contributed by atoms with Gasteiger partial charge in [-0.3, -0.25) is 4.79 Å². The number of ether oxygens (including phenoxy) is 1. The molecule has 0 aliphatic carbocycles. The van der Waals surface area contributed by atoms with Crippen LogP contribution in [0.1, 0.15) is 16.7 Å². The van der Waals surface area contributed by atoms with E-state index in [2.05, 4.69) is 0 Å². The van der Waals surface area contributed by atoms with Crippen LogP contribution in [0.15, 0.2) is 66.7 Å². The third-order valence-electron chi connectivity index (χ3n) is 4.39. The second-order valence-electron chi connectivity index (χ2n) is 6.65. The summed E-state index contributed by atoms with van der Waals surface area (Å²) in [6, 6.07) is 18.2. The molecule has 0 N–H and O–H groups in total. The van der Waals surface area contributed by atoms with Crippen LogP contribution in [0.3, 0.4) is 0 Å². The Labute approximate surface area is 173 Å². The van der Waals surface area contributed by atoms with Crippen LogP contribution in [0.25, 0.3) is 0 Å². The summed E-state index contributed by atoms with van der Waals surface area (Å²) in [5, 5.41) is -0.116. The van der Waals surface area contributed by atoms with Crippen molar-refractivity contribution in [2.45, 2.75) is 20.1 Å². The van der Waals surface area contributed by atoms with E-state index in [4.69, 9.17) is 16.3 Å². The molecule has 0 aliphatic rings. The number of amides is 1. The summed E-state index contributed by atoms with van der Waals surface area (Å²) < 4.78 is 33.5. The predicted octanol–water partition coefficient (Wildman–Crippen LogP) is 5.68. The highest BCUT2D eigenvalue weighted by atomic mass is 35.5. The molecule has 0 unspecified atom stereocenters. The molecule has 29 heavy (non-hydrogen) atoms. The molecule has 3 aromatic rings. The van der Waals surface area contributed by atoms with Crippen LogP contribution in [0.5, 0.6) is 0 Å². The Balaban J connectivity index is 1.79. The molecule has 0 heterocycles. The van der Waals surface area contributed by atoms with E-state index >= 15 is 0 Å². The van der Waals surface area contributed by atoms with Gasteiger partial charge in [0.05, 0.1) is 18.2 Å². The third kappa shape index (κ3) is 5.62. The zero-order valence-electron chi connectivity index (χ0n) is 15.9. The first-order chi connectivity index (χ1) is 13.9. The van der Waals surface area contributed by atoms with Crippen molar-refractivity contribution in [3.63, 3.8) is 0 Å². The topological polar surface area (TPSA) is 29.5 Å². The predicted molar refractivity (Wildman–Crippen MR) is 110 cm³/mol. The summed E-state index contributed by atoms with van der Waals surface area (Å²) in [4.78, 5) is 14.2. The molecule has 3 nitrogen and oxygen atoms in total. The minimum Gasteiger partial charge on any atom is -0.367 e. The molecular formula is C23H20ClF2NO2. The van der Waals surface area contributed by atoms with Gasteiger partial charge in [-0.25, -0.2) is 8.78 Å². The lowest BCUT2D eigenvalue weighted by molar-refractivity contribution is -0.123. The molecule has 0 bridgehead atoms. The molecule has 0 fully saturated rings. The fourth-order valence-corrected chi connectivity index (χ4v) is 3.01. The van der Waals surface area contributed by atoms with Crippen LogP contribution >= 0.6 is 11.6 Å². The van der Waals surface area contributed by atoms with Crippen molar-refractivity contribution >= 4 is 23.2 Å². The fraction of sp³-hybridized carbons (Fsp3) is 0.174. The highest BCUT2D eigenvalue weighted by Crippen LogP contribution is 2.25. The Bertz CT molecular complexity index is 995. The van der Waals surface area contributed by atoms with Crippen molar-refractivity contribution in [2.24, 2.45) is 0 Å². The lowest BCUT2D eigenvalue weighted by Gasteiger charge is -2.24. The van der Waals surface area contributed by atoms with E-state index in [1.54, 1.807) is 19.1 Å². The van der Waals surface area contributed by atoms with Gasteiger partial charge in [0.15, 0.2) is 0 Å². The molecule has 0 atom stereocenters. The number of carbonyl (C=O) groups excluding carboxylic acids is 1. The standard InChI is InChI=1S/C23H20ClF2NO2/c1-16-7-8-18(22(26)11-16)13-27(19-9-10-21(25)20(24)12-19)23(28)15-29-14-17-5-3-2-4-6-17/h2-12H,13-15H2,1H3. The largest absolute Gasteiger partial charge is 0.367 e. The first-order valence-corrected chi connectivity index (χ1v) is 9.44. The van der Waals surface area contributed by atoms with Crippen LogP contribution in [0.2, 0.25) is 5.02 Å². The zero-order chi connectivity index (χ0) is 20.8. The number of anilines is 1. The molecule has 1 amide bonds. The average Bonchev–Trinajstić information content (AvgIpc) is 2.70. The van der Waals surface area contributed by atoms with E-state index < -0.39 is 11.6 Å². The quantitative estimate of drug-likeness (QED) is 0.497. The van der Waals surface area contributed by atoms with Gasteiger partial charge in [-0.1, -0.05) is 54.1 Å². The van der Waals surface area contributed by atoms with Gasteiger partial charge < -0.3 is 9.64 Å². The molecule has 3 rings (SSSR count). The summed E-state index contributed by atoms with van der Waals surface area (Å²) in [5.41, 5.74) is 2.42. The number of benzene rings is 3. The second-order valence-corrected chi connectivity index (χ2v) is 7.06. The maximum Gasteiger partial charge on any atom is 0.253 e. The third-order valence-corrected chi connectivity index (χ3v) is 4.68. The van der Waals surface area contributed by atoms with Crippen molar-refractivity contribution in [3.8, 4) is 0 Å². The fourth-order valence-electron chi connectivity index (χ4n) is 2.84. The Morgan fingerprint density at radius 2 is 1.76 bits per heavy atom. The van der Waals surface area contributed by atoms with E-state index in [-0.39, 0.29) is 30.7 Å². The molecule has 0 aliphatic heterocycles. The SMILES string of the molecule is Cc1ccc(CN(C(=O)COCc2ccccc2)c2ccc(F)c(Cl)c2)c(F)c1.